The van der Waals surface area contributed by atoms with Crippen LogP contribution < -0.4 is 16.2 Å². The molecule has 2 aromatic heterocycles. The van der Waals surface area contributed by atoms with E-state index in [1.807, 2.05) is 0 Å². The Morgan fingerprint density at radius 2 is 1.89 bits per heavy atom. The van der Waals surface area contributed by atoms with Crippen molar-refractivity contribution in [2.45, 2.75) is 58.9 Å². The van der Waals surface area contributed by atoms with E-state index in [4.69, 9.17) is 10.2 Å². The van der Waals surface area contributed by atoms with Gasteiger partial charge in [0.05, 0.1) is 5.39 Å². The van der Waals surface area contributed by atoms with Crippen LogP contribution in [0.1, 0.15) is 58.4 Å². The summed E-state index contributed by atoms with van der Waals surface area (Å²) in [7, 11) is 0. The van der Waals surface area contributed by atoms with Gasteiger partial charge in [0, 0.05) is 36.4 Å². The standard InChI is InChI=1S/C23H27N5O7/c1-23(2,3)21(35)28-22-26-18-14(19(32)27-22)11-13(12-24-18)7-5-4-6-8-16(29)25-15(20(33)34)9-10-17(30)31/h11-12,15H,4,6,8-10H2,1-3H3,(H,25,29)(H,30,31)(H,33,34)(H2,24,26,27,28,32,35)/t15-/m0/s1. The van der Waals surface area contributed by atoms with Gasteiger partial charge in [0.15, 0.2) is 5.65 Å². The van der Waals surface area contributed by atoms with E-state index in [2.05, 4.69) is 37.4 Å². The second-order valence-electron chi connectivity index (χ2n) is 8.76. The van der Waals surface area contributed by atoms with E-state index in [-0.39, 0.29) is 42.2 Å². The monoisotopic (exact) mass is 485 g/mol. The number of fused-ring (bicyclic) bond motifs is 1. The zero-order chi connectivity index (χ0) is 26.2. The van der Waals surface area contributed by atoms with Crippen LogP contribution in [0.25, 0.3) is 11.0 Å². The second-order valence-corrected chi connectivity index (χ2v) is 8.76. The predicted octanol–water partition coefficient (Wildman–Crippen LogP) is 1.26. The minimum atomic E-state index is -1.30. The molecule has 0 spiro atoms. The highest BCUT2D eigenvalue weighted by atomic mass is 16.4. The van der Waals surface area contributed by atoms with E-state index < -0.39 is 34.9 Å². The lowest BCUT2D eigenvalue weighted by Gasteiger charge is -2.16. The van der Waals surface area contributed by atoms with E-state index in [0.717, 1.165) is 0 Å². The molecule has 35 heavy (non-hydrogen) atoms. The fourth-order valence-electron chi connectivity index (χ4n) is 2.74. The second kappa shape index (κ2) is 11.7. The smallest absolute Gasteiger partial charge is 0.326 e. The zero-order valence-electron chi connectivity index (χ0n) is 19.6. The third-order valence-corrected chi connectivity index (χ3v) is 4.69. The topological polar surface area (TPSA) is 191 Å². The predicted molar refractivity (Wildman–Crippen MR) is 125 cm³/mol. The molecular formula is C23H27N5O7. The molecule has 0 bridgehead atoms. The molecular weight excluding hydrogens is 458 g/mol. The highest BCUT2D eigenvalue weighted by Crippen LogP contribution is 2.16. The molecule has 0 fully saturated rings. The molecule has 186 valence electrons. The van der Waals surface area contributed by atoms with E-state index in [9.17, 15) is 24.0 Å². The van der Waals surface area contributed by atoms with Crippen molar-refractivity contribution >= 4 is 40.7 Å². The first-order valence-electron chi connectivity index (χ1n) is 10.8. The minimum Gasteiger partial charge on any atom is -0.481 e. The lowest BCUT2D eigenvalue weighted by Crippen LogP contribution is -2.41. The van der Waals surface area contributed by atoms with Crippen LogP contribution in [0.2, 0.25) is 0 Å². The molecule has 5 N–H and O–H groups in total. The fraction of sp³-hybridized carbons (Fsp3) is 0.435. The van der Waals surface area contributed by atoms with Crippen LogP contribution in [0.5, 0.6) is 0 Å². The van der Waals surface area contributed by atoms with Crippen LogP contribution in [-0.2, 0) is 19.2 Å². The van der Waals surface area contributed by atoms with E-state index in [1.165, 1.54) is 12.3 Å². The number of unbranched alkanes of at least 4 members (excludes halogenated alkanes) is 1. The van der Waals surface area contributed by atoms with Crippen molar-refractivity contribution in [3.63, 3.8) is 0 Å². The number of carboxylic acid groups (broad SMARTS) is 2. The first-order valence-corrected chi connectivity index (χ1v) is 10.8. The summed E-state index contributed by atoms with van der Waals surface area (Å²) in [5, 5.41) is 22.8. The first-order chi connectivity index (χ1) is 16.4. The highest BCUT2D eigenvalue weighted by molar-refractivity contribution is 5.93. The van der Waals surface area contributed by atoms with E-state index >= 15 is 0 Å². The largest absolute Gasteiger partial charge is 0.481 e. The van der Waals surface area contributed by atoms with Crippen LogP contribution in [0.4, 0.5) is 5.95 Å². The van der Waals surface area contributed by atoms with Gasteiger partial charge in [0.25, 0.3) is 5.56 Å². The minimum absolute atomic E-state index is 0.000123. The number of H-pyrrole nitrogens is 1. The molecule has 2 rings (SSSR count). The summed E-state index contributed by atoms with van der Waals surface area (Å²) >= 11 is 0. The number of nitrogens with zero attached hydrogens (tertiary/aromatic N) is 2. The van der Waals surface area contributed by atoms with Crippen molar-refractivity contribution in [2.24, 2.45) is 5.41 Å². The molecule has 0 aliphatic carbocycles. The molecule has 1 atom stereocenters. The Kier molecular flexibility index (Phi) is 9.04. The van der Waals surface area contributed by atoms with Crippen molar-refractivity contribution in [1.82, 2.24) is 20.3 Å². The molecule has 0 aliphatic heterocycles. The summed E-state index contributed by atoms with van der Waals surface area (Å²) < 4.78 is 0. The molecule has 12 heteroatoms. The Labute approximate surface area is 200 Å². The number of pyridine rings is 1. The molecule has 2 heterocycles. The number of hydrogen-bond acceptors (Lipinski definition) is 7. The van der Waals surface area contributed by atoms with Crippen molar-refractivity contribution in [3.8, 4) is 11.8 Å². The Hall–Kier alpha value is -4.27. The zero-order valence-corrected chi connectivity index (χ0v) is 19.6. The highest BCUT2D eigenvalue weighted by Gasteiger charge is 2.22. The van der Waals surface area contributed by atoms with Gasteiger partial charge in [0.2, 0.25) is 17.8 Å². The van der Waals surface area contributed by atoms with Gasteiger partial charge in [-0.1, -0.05) is 32.6 Å². The lowest BCUT2D eigenvalue weighted by atomic mass is 9.96. The average Bonchev–Trinajstić information content (AvgIpc) is 2.75. The van der Waals surface area contributed by atoms with Gasteiger partial charge in [0.1, 0.15) is 6.04 Å². The normalized spacial score (nSPS) is 11.7. The number of carboxylic acids is 2. The summed E-state index contributed by atoms with van der Waals surface area (Å²) in [6, 6.07) is 0.255. The van der Waals surface area contributed by atoms with E-state index in [1.54, 1.807) is 20.8 Å². The van der Waals surface area contributed by atoms with Crippen LogP contribution in [0, 0.1) is 17.3 Å². The van der Waals surface area contributed by atoms with Gasteiger partial charge in [-0.2, -0.15) is 4.98 Å². The number of aromatic nitrogens is 3. The van der Waals surface area contributed by atoms with Gasteiger partial charge in [-0.25, -0.2) is 9.78 Å². The first kappa shape index (κ1) is 27.0. The number of amides is 2. The van der Waals surface area contributed by atoms with Crippen molar-refractivity contribution < 1.29 is 29.4 Å². The SMILES string of the molecule is CC(C)(C)C(=O)Nc1nc2ncc(C#CCCCC(=O)N[C@@H](CCC(=O)O)C(=O)O)cc2c(=O)[nH]1. The van der Waals surface area contributed by atoms with Crippen LogP contribution in [-0.4, -0.2) is 55.0 Å². The van der Waals surface area contributed by atoms with Crippen molar-refractivity contribution in [3.05, 3.63) is 28.2 Å². The fourth-order valence-corrected chi connectivity index (χ4v) is 2.74. The number of nitrogens with one attached hydrogen (secondary N) is 3. The van der Waals surface area contributed by atoms with Crippen molar-refractivity contribution in [1.29, 1.82) is 0 Å². The van der Waals surface area contributed by atoms with Crippen LogP contribution in [0.3, 0.4) is 0 Å². The maximum Gasteiger partial charge on any atom is 0.326 e. The summed E-state index contributed by atoms with van der Waals surface area (Å²) in [5.41, 5.74) is -0.543. The van der Waals surface area contributed by atoms with Gasteiger partial charge >= 0.3 is 11.9 Å². The number of aromatic amines is 1. The average molecular weight is 485 g/mol. The molecule has 0 aromatic carbocycles. The molecule has 2 aromatic rings. The number of carbonyl (C=O) groups is 4. The van der Waals surface area contributed by atoms with E-state index in [0.29, 0.717) is 18.4 Å². The maximum atomic E-state index is 12.4. The summed E-state index contributed by atoms with van der Waals surface area (Å²) in [4.78, 5) is 68.9. The maximum absolute atomic E-state index is 12.4. The summed E-state index contributed by atoms with van der Waals surface area (Å²) in [5.74, 6) is 2.44. The molecule has 12 nitrogen and oxygen atoms in total. The van der Waals surface area contributed by atoms with Gasteiger partial charge < -0.3 is 15.5 Å². The molecule has 0 unspecified atom stereocenters. The third-order valence-electron chi connectivity index (χ3n) is 4.69. The van der Waals surface area contributed by atoms with Gasteiger partial charge in [-0.3, -0.25) is 29.5 Å². The molecule has 2 amide bonds. The van der Waals surface area contributed by atoms with Crippen LogP contribution >= 0.6 is 0 Å². The Balaban J connectivity index is 1.95. The Morgan fingerprint density at radius 1 is 1.17 bits per heavy atom. The Morgan fingerprint density at radius 3 is 2.51 bits per heavy atom. The number of anilines is 1. The number of aliphatic carboxylic acids is 2. The Bertz CT molecular complexity index is 1250. The molecule has 0 saturated carbocycles. The lowest BCUT2D eigenvalue weighted by molar-refractivity contribution is -0.143. The van der Waals surface area contributed by atoms with Crippen molar-refractivity contribution in [2.75, 3.05) is 5.32 Å². The molecule has 0 saturated heterocycles. The van der Waals surface area contributed by atoms with Gasteiger partial charge in [-0.05, 0) is 18.9 Å². The quantitative estimate of drug-likeness (QED) is 0.257. The number of hydrogen-bond donors (Lipinski definition) is 5. The summed E-state index contributed by atoms with van der Waals surface area (Å²) in [6.45, 7) is 5.19. The van der Waals surface area contributed by atoms with Crippen LogP contribution in [0.15, 0.2) is 17.1 Å². The van der Waals surface area contributed by atoms with Gasteiger partial charge in [-0.15, -0.1) is 0 Å². The number of rotatable bonds is 9. The summed E-state index contributed by atoms with van der Waals surface area (Å²) in [6.07, 6.45) is 1.56. The molecule has 0 radical (unpaired) electrons. The number of carbonyl (C=O) groups excluding carboxylic acids is 2. The molecule has 0 aliphatic rings. The third kappa shape index (κ3) is 8.54.